The van der Waals surface area contributed by atoms with Crippen LogP contribution in [0.15, 0.2) is 42.6 Å². The van der Waals surface area contributed by atoms with E-state index in [1.807, 2.05) is 24.3 Å². The second kappa shape index (κ2) is 9.76. The molecule has 5 rings (SSSR count). The molecule has 2 aliphatic heterocycles. The topological polar surface area (TPSA) is 130 Å². The van der Waals surface area contributed by atoms with E-state index in [4.69, 9.17) is 11.5 Å². The zero-order chi connectivity index (χ0) is 24.3. The molecule has 5 N–H and O–H groups in total. The lowest BCUT2D eigenvalue weighted by Gasteiger charge is -2.47. The molecule has 2 aromatic heterocycles. The number of nitrogens with zero attached hydrogens (tertiary/aromatic N) is 6. The maximum Gasteiger partial charge on any atom is 0.206 e. The maximum atomic E-state index is 10.2. The first-order valence-corrected chi connectivity index (χ1v) is 12.0. The summed E-state index contributed by atoms with van der Waals surface area (Å²) in [5, 5.41) is 18.6. The summed E-state index contributed by atoms with van der Waals surface area (Å²) in [6.07, 6.45) is 6.23. The number of para-hydroxylation sites is 1. The predicted octanol–water partition coefficient (Wildman–Crippen LogP) is 2.42. The van der Waals surface area contributed by atoms with Gasteiger partial charge < -0.3 is 26.4 Å². The first-order chi connectivity index (χ1) is 17.1. The number of hydrogen-bond donors (Lipinski definition) is 3. The van der Waals surface area contributed by atoms with E-state index in [9.17, 15) is 5.11 Å². The van der Waals surface area contributed by atoms with Gasteiger partial charge in [-0.25, -0.2) is 9.97 Å². The van der Waals surface area contributed by atoms with Gasteiger partial charge in [-0.15, -0.1) is 10.2 Å². The molecule has 0 unspecified atom stereocenters. The first-order valence-electron chi connectivity index (χ1n) is 12.0. The Kier molecular flexibility index (Phi) is 6.38. The van der Waals surface area contributed by atoms with Gasteiger partial charge in [-0.1, -0.05) is 18.1 Å². The molecule has 9 nitrogen and oxygen atoms in total. The number of aromatic hydroxyl groups is 1. The van der Waals surface area contributed by atoms with E-state index in [0.29, 0.717) is 34.9 Å². The number of piperidine rings is 2. The Labute approximate surface area is 205 Å². The van der Waals surface area contributed by atoms with Gasteiger partial charge in [0, 0.05) is 37.9 Å². The standard InChI is InChI=1S/C26H30N8O/c27-12-3-6-23-29-13-7-24(30-23)34-16-10-26(11-17-34)8-14-33(15-9-26)21-18-20(31-32-25(21)28)19-4-1-2-5-22(19)35/h1-2,4-5,7,13,18,35H,8-12,14-17,27H2,(H2,28,32). The average Bonchev–Trinajstić information content (AvgIpc) is 2.89. The predicted molar refractivity (Wildman–Crippen MR) is 137 cm³/mol. The molecular weight excluding hydrogens is 440 g/mol. The van der Waals surface area contributed by atoms with Crippen LogP contribution >= 0.6 is 0 Å². The number of phenols is 1. The summed E-state index contributed by atoms with van der Waals surface area (Å²) in [6.45, 7) is 4.08. The van der Waals surface area contributed by atoms with Crippen LogP contribution in [0.4, 0.5) is 17.3 Å². The number of nitrogens with two attached hydrogens (primary N) is 2. The fourth-order valence-electron chi connectivity index (χ4n) is 5.11. The van der Waals surface area contributed by atoms with Crippen molar-refractivity contribution < 1.29 is 5.11 Å². The Morgan fingerprint density at radius 3 is 2.40 bits per heavy atom. The molecule has 3 aromatic rings. The minimum atomic E-state index is 0.184. The van der Waals surface area contributed by atoms with Crippen molar-refractivity contribution in [3.8, 4) is 28.8 Å². The summed E-state index contributed by atoms with van der Waals surface area (Å²) in [4.78, 5) is 13.5. The first kappa shape index (κ1) is 22.9. The monoisotopic (exact) mass is 470 g/mol. The summed E-state index contributed by atoms with van der Waals surface area (Å²) < 4.78 is 0. The van der Waals surface area contributed by atoms with E-state index in [1.165, 1.54) is 0 Å². The number of anilines is 3. The Bertz CT molecular complexity index is 1250. The van der Waals surface area contributed by atoms with Crippen molar-refractivity contribution >= 4 is 17.3 Å². The highest BCUT2D eigenvalue weighted by Crippen LogP contribution is 2.43. The zero-order valence-corrected chi connectivity index (χ0v) is 19.7. The molecule has 1 spiro atoms. The third-order valence-electron chi connectivity index (χ3n) is 7.24. The summed E-state index contributed by atoms with van der Waals surface area (Å²) >= 11 is 0. The summed E-state index contributed by atoms with van der Waals surface area (Å²) in [6, 6.07) is 11.1. The molecule has 0 bridgehead atoms. The van der Waals surface area contributed by atoms with Gasteiger partial charge in [-0.3, -0.25) is 0 Å². The van der Waals surface area contributed by atoms with E-state index in [0.717, 1.165) is 63.4 Å². The van der Waals surface area contributed by atoms with Gasteiger partial charge in [0.25, 0.3) is 0 Å². The van der Waals surface area contributed by atoms with Crippen LogP contribution < -0.4 is 21.3 Å². The summed E-state index contributed by atoms with van der Waals surface area (Å²) in [5.74, 6) is 7.80. The summed E-state index contributed by atoms with van der Waals surface area (Å²) in [5.41, 5.74) is 14.2. The molecule has 35 heavy (non-hydrogen) atoms. The number of rotatable bonds is 3. The normalized spacial score (nSPS) is 17.2. The molecule has 9 heteroatoms. The van der Waals surface area contributed by atoms with E-state index >= 15 is 0 Å². The van der Waals surface area contributed by atoms with Crippen molar-refractivity contribution in [3.63, 3.8) is 0 Å². The van der Waals surface area contributed by atoms with E-state index in [2.05, 4.69) is 41.8 Å². The van der Waals surface area contributed by atoms with Crippen LogP contribution in [0.2, 0.25) is 0 Å². The number of phenolic OH excluding ortho intramolecular Hbond substituents is 1. The minimum absolute atomic E-state index is 0.184. The lowest BCUT2D eigenvalue weighted by atomic mass is 9.71. The highest BCUT2D eigenvalue weighted by molar-refractivity contribution is 5.74. The fraction of sp³-hybridized carbons (Fsp3) is 0.385. The molecule has 0 atom stereocenters. The van der Waals surface area contributed by atoms with Gasteiger partial charge in [0.2, 0.25) is 5.82 Å². The number of aromatic nitrogens is 4. The maximum absolute atomic E-state index is 10.2. The summed E-state index contributed by atoms with van der Waals surface area (Å²) in [7, 11) is 0. The Hall–Kier alpha value is -3.90. The molecule has 180 valence electrons. The minimum Gasteiger partial charge on any atom is -0.507 e. The van der Waals surface area contributed by atoms with Crippen molar-refractivity contribution in [2.24, 2.45) is 11.1 Å². The van der Waals surface area contributed by atoms with E-state index in [1.54, 1.807) is 18.3 Å². The van der Waals surface area contributed by atoms with E-state index < -0.39 is 0 Å². The van der Waals surface area contributed by atoms with Crippen LogP contribution in [0.25, 0.3) is 11.3 Å². The van der Waals surface area contributed by atoms with Gasteiger partial charge in [-0.05, 0) is 61.3 Å². The Balaban J connectivity index is 1.24. The van der Waals surface area contributed by atoms with Crippen molar-refractivity contribution in [1.82, 2.24) is 20.2 Å². The molecular formula is C26H30N8O. The number of benzene rings is 1. The largest absolute Gasteiger partial charge is 0.507 e. The van der Waals surface area contributed by atoms with Crippen LogP contribution in [0, 0.1) is 17.3 Å². The number of nitrogen functional groups attached to an aromatic ring is 1. The van der Waals surface area contributed by atoms with Crippen molar-refractivity contribution in [2.75, 3.05) is 48.3 Å². The van der Waals surface area contributed by atoms with Gasteiger partial charge in [0.05, 0.1) is 17.9 Å². The molecule has 0 amide bonds. The lowest BCUT2D eigenvalue weighted by Crippen LogP contribution is -2.47. The molecule has 1 aromatic carbocycles. The average molecular weight is 471 g/mol. The van der Waals surface area contributed by atoms with Crippen molar-refractivity contribution in [3.05, 3.63) is 48.4 Å². The Morgan fingerprint density at radius 2 is 1.69 bits per heavy atom. The highest BCUT2D eigenvalue weighted by atomic mass is 16.3. The van der Waals surface area contributed by atoms with Gasteiger partial charge in [-0.2, -0.15) is 0 Å². The smallest absolute Gasteiger partial charge is 0.206 e. The van der Waals surface area contributed by atoms with Crippen LogP contribution in [0.5, 0.6) is 5.75 Å². The zero-order valence-electron chi connectivity index (χ0n) is 19.7. The Morgan fingerprint density at radius 1 is 0.971 bits per heavy atom. The van der Waals surface area contributed by atoms with Gasteiger partial charge in [0.15, 0.2) is 5.82 Å². The van der Waals surface area contributed by atoms with Crippen LogP contribution in [-0.2, 0) is 0 Å². The second-order valence-corrected chi connectivity index (χ2v) is 9.24. The van der Waals surface area contributed by atoms with Crippen molar-refractivity contribution in [1.29, 1.82) is 0 Å². The molecule has 2 saturated heterocycles. The highest BCUT2D eigenvalue weighted by Gasteiger charge is 2.38. The molecule has 0 saturated carbocycles. The molecule has 2 fully saturated rings. The van der Waals surface area contributed by atoms with E-state index in [-0.39, 0.29) is 5.75 Å². The van der Waals surface area contributed by atoms with Gasteiger partial charge in [0.1, 0.15) is 11.6 Å². The third kappa shape index (κ3) is 4.84. The second-order valence-electron chi connectivity index (χ2n) is 9.24. The fourth-order valence-corrected chi connectivity index (χ4v) is 5.11. The quantitative estimate of drug-likeness (QED) is 0.494. The van der Waals surface area contributed by atoms with Crippen LogP contribution in [0.1, 0.15) is 31.5 Å². The lowest BCUT2D eigenvalue weighted by molar-refractivity contribution is 0.166. The molecule has 4 heterocycles. The van der Waals surface area contributed by atoms with Crippen LogP contribution in [0.3, 0.4) is 0 Å². The molecule has 2 aliphatic rings. The molecule has 0 aliphatic carbocycles. The SMILES string of the molecule is NCC#Cc1nccc(N2CCC3(CC2)CCN(c2cc(-c4ccccc4O)nnc2N)CC3)n1. The van der Waals surface area contributed by atoms with Gasteiger partial charge >= 0.3 is 0 Å². The van der Waals surface area contributed by atoms with Crippen molar-refractivity contribution in [2.45, 2.75) is 25.7 Å². The number of hydrogen-bond acceptors (Lipinski definition) is 9. The van der Waals surface area contributed by atoms with Crippen LogP contribution in [-0.4, -0.2) is 58.0 Å². The molecule has 0 radical (unpaired) electrons. The third-order valence-corrected chi connectivity index (χ3v) is 7.24.